The first-order valence-corrected chi connectivity index (χ1v) is 7.04. The van der Waals surface area contributed by atoms with Crippen LogP contribution in [0.5, 0.6) is 5.75 Å². The van der Waals surface area contributed by atoms with Crippen LogP contribution in [0.4, 0.5) is 0 Å². The van der Waals surface area contributed by atoms with E-state index in [1.165, 1.54) is 31.6 Å². The predicted octanol–water partition coefficient (Wildman–Crippen LogP) is 1.92. The van der Waals surface area contributed by atoms with Crippen molar-refractivity contribution in [2.45, 2.75) is 19.8 Å². The Kier molecular flexibility index (Phi) is 5.49. The van der Waals surface area contributed by atoms with E-state index in [-0.39, 0.29) is 0 Å². The zero-order chi connectivity index (χ0) is 12.6. The van der Waals surface area contributed by atoms with Gasteiger partial charge in [-0.2, -0.15) is 0 Å². The Morgan fingerprint density at radius 3 is 2.78 bits per heavy atom. The van der Waals surface area contributed by atoms with Crippen molar-refractivity contribution in [1.29, 1.82) is 0 Å². The van der Waals surface area contributed by atoms with Gasteiger partial charge in [0, 0.05) is 26.2 Å². The Morgan fingerprint density at radius 1 is 1.22 bits per heavy atom. The highest BCUT2D eigenvalue weighted by molar-refractivity contribution is 5.33. The lowest BCUT2D eigenvalue weighted by Gasteiger charge is -2.27. The summed E-state index contributed by atoms with van der Waals surface area (Å²) in [5, 5.41) is 3.39. The third-order valence-corrected chi connectivity index (χ3v) is 3.40. The third kappa shape index (κ3) is 4.00. The highest BCUT2D eigenvalue weighted by Gasteiger charge is 2.09. The molecule has 0 amide bonds. The maximum absolute atomic E-state index is 5.66. The summed E-state index contributed by atoms with van der Waals surface area (Å²) < 4.78 is 5.66. The molecule has 18 heavy (non-hydrogen) atoms. The molecule has 1 aliphatic rings. The van der Waals surface area contributed by atoms with E-state index in [2.05, 4.69) is 28.4 Å². The molecule has 1 saturated heterocycles. The van der Waals surface area contributed by atoms with Crippen LogP contribution < -0.4 is 10.1 Å². The maximum Gasteiger partial charge on any atom is 0.122 e. The molecule has 0 saturated carbocycles. The van der Waals surface area contributed by atoms with Crippen LogP contribution in [-0.4, -0.2) is 44.2 Å². The van der Waals surface area contributed by atoms with Gasteiger partial charge in [-0.25, -0.2) is 0 Å². The van der Waals surface area contributed by atoms with Gasteiger partial charge in [0.1, 0.15) is 5.75 Å². The SMILES string of the molecule is CCOc1ccccc1CCCN1CCNCC1. The van der Waals surface area contributed by atoms with Gasteiger partial charge >= 0.3 is 0 Å². The van der Waals surface area contributed by atoms with Crippen molar-refractivity contribution < 1.29 is 4.74 Å². The summed E-state index contributed by atoms with van der Waals surface area (Å²) in [5.41, 5.74) is 1.34. The number of benzene rings is 1. The minimum atomic E-state index is 0.745. The number of aryl methyl sites for hydroxylation is 1. The number of hydrogen-bond acceptors (Lipinski definition) is 3. The standard InChI is InChI=1S/C15H24N2O/c1-2-18-15-8-4-3-6-14(15)7-5-11-17-12-9-16-10-13-17/h3-4,6,8,16H,2,5,7,9-13H2,1H3. The molecule has 3 nitrogen and oxygen atoms in total. The van der Waals surface area contributed by atoms with Crippen molar-refractivity contribution in [3.63, 3.8) is 0 Å². The second-order valence-electron chi connectivity index (χ2n) is 4.74. The molecule has 0 atom stereocenters. The molecule has 0 bridgehead atoms. The highest BCUT2D eigenvalue weighted by atomic mass is 16.5. The molecule has 1 fully saturated rings. The first-order valence-electron chi connectivity index (χ1n) is 7.04. The molecular formula is C15H24N2O. The molecule has 2 rings (SSSR count). The van der Waals surface area contributed by atoms with Crippen molar-refractivity contribution in [2.24, 2.45) is 0 Å². The zero-order valence-electron chi connectivity index (χ0n) is 11.3. The van der Waals surface area contributed by atoms with Crippen molar-refractivity contribution in [3.05, 3.63) is 29.8 Å². The minimum absolute atomic E-state index is 0.745. The van der Waals surface area contributed by atoms with Crippen LogP contribution in [0.1, 0.15) is 18.9 Å². The van der Waals surface area contributed by atoms with Crippen LogP contribution in [0.15, 0.2) is 24.3 Å². The van der Waals surface area contributed by atoms with Crippen molar-refractivity contribution in [1.82, 2.24) is 10.2 Å². The van der Waals surface area contributed by atoms with E-state index in [9.17, 15) is 0 Å². The normalized spacial score (nSPS) is 16.7. The van der Waals surface area contributed by atoms with Crippen LogP contribution in [0, 0.1) is 0 Å². The fraction of sp³-hybridized carbons (Fsp3) is 0.600. The summed E-state index contributed by atoms with van der Waals surface area (Å²) in [6.45, 7) is 8.62. The Balaban J connectivity index is 1.78. The summed E-state index contributed by atoms with van der Waals surface area (Å²) >= 11 is 0. The van der Waals surface area contributed by atoms with Gasteiger partial charge in [0.15, 0.2) is 0 Å². The number of para-hydroxylation sites is 1. The van der Waals surface area contributed by atoms with E-state index in [0.717, 1.165) is 31.9 Å². The maximum atomic E-state index is 5.66. The zero-order valence-corrected chi connectivity index (χ0v) is 11.3. The number of piperazine rings is 1. The molecular weight excluding hydrogens is 224 g/mol. The minimum Gasteiger partial charge on any atom is -0.494 e. The smallest absolute Gasteiger partial charge is 0.122 e. The molecule has 1 aromatic rings. The van der Waals surface area contributed by atoms with Gasteiger partial charge < -0.3 is 15.0 Å². The fourth-order valence-corrected chi connectivity index (χ4v) is 2.43. The summed E-state index contributed by atoms with van der Waals surface area (Å²) in [6.07, 6.45) is 2.32. The van der Waals surface area contributed by atoms with Gasteiger partial charge in [-0.05, 0) is 37.9 Å². The lowest BCUT2D eigenvalue weighted by molar-refractivity contribution is 0.238. The fourth-order valence-electron chi connectivity index (χ4n) is 2.43. The van der Waals surface area contributed by atoms with E-state index >= 15 is 0 Å². The molecule has 0 radical (unpaired) electrons. The Morgan fingerprint density at radius 2 is 2.00 bits per heavy atom. The second kappa shape index (κ2) is 7.39. The van der Waals surface area contributed by atoms with Gasteiger partial charge in [-0.15, -0.1) is 0 Å². The number of rotatable bonds is 6. The number of hydrogen-bond donors (Lipinski definition) is 1. The largest absolute Gasteiger partial charge is 0.494 e. The second-order valence-corrected chi connectivity index (χ2v) is 4.74. The molecule has 1 aliphatic heterocycles. The Bertz CT molecular complexity index is 348. The summed E-state index contributed by atoms with van der Waals surface area (Å²) in [5.74, 6) is 1.06. The lowest BCUT2D eigenvalue weighted by Crippen LogP contribution is -2.43. The molecule has 3 heteroatoms. The van der Waals surface area contributed by atoms with Gasteiger partial charge in [0.25, 0.3) is 0 Å². The quantitative estimate of drug-likeness (QED) is 0.832. The summed E-state index contributed by atoms with van der Waals surface area (Å²) in [6, 6.07) is 8.40. The first-order chi connectivity index (χ1) is 8.90. The molecule has 0 aliphatic carbocycles. The first kappa shape index (κ1) is 13.4. The molecule has 0 aromatic heterocycles. The molecule has 0 spiro atoms. The van der Waals surface area contributed by atoms with E-state index in [4.69, 9.17) is 4.74 Å². The van der Waals surface area contributed by atoms with Gasteiger partial charge in [0.05, 0.1) is 6.61 Å². The van der Waals surface area contributed by atoms with Crippen LogP contribution in [0.2, 0.25) is 0 Å². The number of ether oxygens (including phenoxy) is 1. The average molecular weight is 248 g/mol. The Hall–Kier alpha value is -1.06. The molecule has 1 aromatic carbocycles. The summed E-state index contributed by atoms with van der Waals surface area (Å²) in [7, 11) is 0. The number of nitrogens with one attached hydrogen (secondary N) is 1. The third-order valence-electron chi connectivity index (χ3n) is 3.40. The van der Waals surface area contributed by atoms with E-state index in [0.29, 0.717) is 0 Å². The lowest BCUT2D eigenvalue weighted by atomic mass is 10.1. The molecule has 0 unspecified atom stereocenters. The number of nitrogens with zero attached hydrogens (tertiary/aromatic N) is 1. The summed E-state index contributed by atoms with van der Waals surface area (Å²) in [4.78, 5) is 2.54. The van der Waals surface area contributed by atoms with Gasteiger partial charge in [-0.3, -0.25) is 0 Å². The topological polar surface area (TPSA) is 24.5 Å². The Labute approximate surface area is 110 Å². The van der Waals surface area contributed by atoms with Crippen molar-refractivity contribution >= 4 is 0 Å². The van der Waals surface area contributed by atoms with Crippen LogP contribution >= 0.6 is 0 Å². The molecule has 100 valence electrons. The molecule has 1 N–H and O–H groups in total. The molecule has 1 heterocycles. The van der Waals surface area contributed by atoms with Gasteiger partial charge in [-0.1, -0.05) is 18.2 Å². The van der Waals surface area contributed by atoms with E-state index < -0.39 is 0 Å². The van der Waals surface area contributed by atoms with Crippen molar-refractivity contribution in [2.75, 3.05) is 39.3 Å². The predicted molar refractivity (Wildman–Crippen MR) is 75.2 cm³/mol. The van der Waals surface area contributed by atoms with E-state index in [1.54, 1.807) is 0 Å². The van der Waals surface area contributed by atoms with Crippen LogP contribution in [-0.2, 0) is 6.42 Å². The van der Waals surface area contributed by atoms with Crippen LogP contribution in [0.3, 0.4) is 0 Å². The van der Waals surface area contributed by atoms with E-state index in [1.807, 2.05) is 13.0 Å². The highest BCUT2D eigenvalue weighted by Crippen LogP contribution is 2.19. The average Bonchev–Trinajstić information content (AvgIpc) is 2.42. The monoisotopic (exact) mass is 248 g/mol. The van der Waals surface area contributed by atoms with Crippen molar-refractivity contribution in [3.8, 4) is 5.75 Å². The van der Waals surface area contributed by atoms with Gasteiger partial charge in [0.2, 0.25) is 0 Å². The van der Waals surface area contributed by atoms with Crippen LogP contribution in [0.25, 0.3) is 0 Å².